The number of hydrogen-bond acceptors (Lipinski definition) is 4. The third-order valence-corrected chi connectivity index (χ3v) is 3.69. The first-order valence-corrected chi connectivity index (χ1v) is 6.79. The number of rotatable bonds is 4. The number of pyridine rings is 1. The van der Waals surface area contributed by atoms with Crippen LogP contribution in [0.15, 0.2) is 12.1 Å². The molecule has 0 spiro atoms. The van der Waals surface area contributed by atoms with Crippen molar-refractivity contribution in [3.05, 3.63) is 23.4 Å². The van der Waals surface area contributed by atoms with Gasteiger partial charge in [0.15, 0.2) is 0 Å². The summed E-state index contributed by atoms with van der Waals surface area (Å²) < 4.78 is 0. The molecule has 2 rings (SSSR count). The van der Waals surface area contributed by atoms with Gasteiger partial charge in [-0.25, -0.2) is 9.78 Å². The molecule has 1 fully saturated rings. The van der Waals surface area contributed by atoms with Crippen LogP contribution in [0.1, 0.15) is 35.8 Å². The Kier molecular flexibility index (Phi) is 4.37. The molecule has 0 unspecified atom stereocenters. The lowest BCUT2D eigenvalue weighted by Gasteiger charge is -2.32. The first kappa shape index (κ1) is 13.8. The van der Waals surface area contributed by atoms with Crippen molar-refractivity contribution in [3.8, 4) is 0 Å². The van der Waals surface area contributed by atoms with E-state index >= 15 is 0 Å². The number of carbonyl (C=O) groups is 1. The molecule has 5 heteroatoms. The molecule has 19 heavy (non-hydrogen) atoms. The van der Waals surface area contributed by atoms with Crippen molar-refractivity contribution in [2.24, 2.45) is 0 Å². The zero-order chi connectivity index (χ0) is 13.8. The molecule has 0 aromatic carbocycles. The minimum Gasteiger partial charge on any atom is -0.478 e. The van der Waals surface area contributed by atoms with Gasteiger partial charge in [-0.15, -0.1) is 0 Å². The number of aromatic nitrogens is 1. The van der Waals surface area contributed by atoms with E-state index in [1.807, 2.05) is 14.0 Å². The molecule has 5 nitrogen and oxygen atoms in total. The zero-order valence-electron chi connectivity index (χ0n) is 11.5. The summed E-state index contributed by atoms with van der Waals surface area (Å²) in [6, 6.07) is 3.76. The largest absolute Gasteiger partial charge is 0.478 e. The molecule has 1 saturated heterocycles. The third-order valence-electron chi connectivity index (χ3n) is 3.69. The van der Waals surface area contributed by atoms with Gasteiger partial charge < -0.3 is 15.3 Å². The Labute approximate surface area is 113 Å². The highest BCUT2D eigenvalue weighted by Gasteiger charge is 2.20. The molecule has 1 aromatic heterocycles. The summed E-state index contributed by atoms with van der Waals surface area (Å²) in [4.78, 5) is 17.8. The minimum atomic E-state index is -0.892. The van der Waals surface area contributed by atoms with Crippen molar-refractivity contribution in [1.29, 1.82) is 0 Å². The highest BCUT2D eigenvalue weighted by Crippen LogP contribution is 2.20. The van der Waals surface area contributed by atoms with E-state index in [1.54, 1.807) is 12.1 Å². The van der Waals surface area contributed by atoms with Crippen LogP contribution in [0.4, 0.5) is 5.82 Å². The van der Waals surface area contributed by atoms with Gasteiger partial charge >= 0.3 is 5.97 Å². The Morgan fingerprint density at radius 3 is 2.74 bits per heavy atom. The van der Waals surface area contributed by atoms with Gasteiger partial charge in [-0.2, -0.15) is 0 Å². The van der Waals surface area contributed by atoms with Crippen LogP contribution in [0.25, 0.3) is 0 Å². The number of hydrogen-bond donors (Lipinski definition) is 2. The maximum atomic E-state index is 11.2. The lowest BCUT2D eigenvalue weighted by atomic mass is 10.1. The Bertz CT molecular complexity index is 456. The lowest BCUT2D eigenvalue weighted by molar-refractivity contribution is 0.0696. The molecule has 2 N–H and O–H groups in total. The number of nitrogens with one attached hydrogen (secondary N) is 1. The van der Waals surface area contributed by atoms with Gasteiger partial charge in [0.25, 0.3) is 0 Å². The van der Waals surface area contributed by atoms with Crippen molar-refractivity contribution >= 4 is 11.8 Å². The highest BCUT2D eigenvalue weighted by atomic mass is 16.4. The monoisotopic (exact) mass is 263 g/mol. The summed E-state index contributed by atoms with van der Waals surface area (Å²) >= 11 is 0. The lowest BCUT2D eigenvalue weighted by Crippen LogP contribution is -2.41. The Morgan fingerprint density at radius 2 is 2.16 bits per heavy atom. The summed E-state index contributed by atoms with van der Waals surface area (Å²) in [7, 11) is 2.00. The van der Waals surface area contributed by atoms with Crippen LogP contribution in [-0.2, 0) is 6.42 Å². The van der Waals surface area contributed by atoms with Gasteiger partial charge in [-0.3, -0.25) is 0 Å². The fourth-order valence-electron chi connectivity index (χ4n) is 2.44. The van der Waals surface area contributed by atoms with Crippen LogP contribution in [0.5, 0.6) is 0 Å². The first-order chi connectivity index (χ1) is 9.11. The van der Waals surface area contributed by atoms with Crippen molar-refractivity contribution in [1.82, 2.24) is 10.3 Å². The van der Waals surface area contributed by atoms with E-state index in [-0.39, 0.29) is 0 Å². The van der Waals surface area contributed by atoms with Gasteiger partial charge in [-0.1, -0.05) is 6.92 Å². The fourth-order valence-corrected chi connectivity index (χ4v) is 2.44. The Morgan fingerprint density at radius 1 is 1.47 bits per heavy atom. The standard InChI is InChI=1S/C14H21N3O2/c1-3-11-8-10(14(18)19)9-13(16-11)17(2)12-4-6-15-7-5-12/h8-9,12,15H,3-7H2,1-2H3,(H,18,19). The average molecular weight is 263 g/mol. The number of piperidine rings is 1. The number of carboxylic acid groups (broad SMARTS) is 1. The normalized spacial score (nSPS) is 16.3. The van der Waals surface area contributed by atoms with Gasteiger partial charge in [0.05, 0.1) is 5.56 Å². The van der Waals surface area contributed by atoms with Crippen LogP contribution >= 0.6 is 0 Å². The Balaban J connectivity index is 2.26. The van der Waals surface area contributed by atoms with E-state index in [4.69, 9.17) is 5.11 Å². The van der Waals surface area contributed by atoms with E-state index in [0.717, 1.165) is 43.9 Å². The van der Waals surface area contributed by atoms with Crippen molar-refractivity contribution in [2.75, 3.05) is 25.0 Å². The second-order valence-electron chi connectivity index (χ2n) is 4.96. The van der Waals surface area contributed by atoms with Crippen LogP contribution in [0.2, 0.25) is 0 Å². The molecule has 0 bridgehead atoms. The van der Waals surface area contributed by atoms with E-state index in [1.165, 1.54) is 0 Å². The summed E-state index contributed by atoms with van der Waals surface area (Å²) in [5.41, 5.74) is 1.15. The molecule has 0 aliphatic carbocycles. The van der Waals surface area contributed by atoms with E-state index < -0.39 is 5.97 Å². The predicted molar refractivity (Wildman–Crippen MR) is 74.9 cm³/mol. The molecule has 0 atom stereocenters. The first-order valence-electron chi connectivity index (χ1n) is 6.79. The molecular weight excluding hydrogens is 242 g/mol. The molecule has 1 aliphatic heterocycles. The van der Waals surface area contributed by atoms with Crippen LogP contribution in [-0.4, -0.2) is 42.2 Å². The molecule has 0 amide bonds. The van der Waals surface area contributed by atoms with Gasteiger partial charge in [-0.05, 0) is 44.5 Å². The number of aryl methyl sites for hydroxylation is 1. The van der Waals surface area contributed by atoms with E-state index in [0.29, 0.717) is 11.6 Å². The third kappa shape index (κ3) is 3.23. The number of aromatic carboxylic acids is 1. The fraction of sp³-hybridized carbons (Fsp3) is 0.571. The van der Waals surface area contributed by atoms with E-state index in [2.05, 4.69) is 15.2 Å². The Hall–Kier alpha value is -1.62. The summed E-state index contributed by atoms with van der Waals surface area (Å²) in [5, 5.41) is 12.5. The van der Waals surface area contributed by atoms with Crippen molar-refractivity contribution in [3.63, 3.8) is 0 Å². The topological polar surface area (TPSA) is 65.5 Å². The minimum absolute atomic E-state index is 0.322. The summed E-state index contributed by atoms with van der Waals surface area (Å²) in [6.07, 6.45) is 2.88. The van der Waals surface area contributed by atoms with Crippen LogP contribution < -0.4 is 10.2 Å². The highest BCUT2D eigenvalue weighted by molar-refractivity contribution is 5.88. The van der Waals surface area contributed by atoms with Gasteiger partial charge in [0.1, 0.15) is 5.82 Å². The smallest absolute Gasteiger partial charge is 0.335 e. The average Bonchev–Trinajstić information content (AvgIpc) is 2.46. The SMILES string of the molecule is CCc1cc(C(=O)O)cc(N(C)C2CCNCC2)n1. The second kappa shape index (κ2) is 6.02. The van der Waals surface area contributed by atoms with E-state index in [9.17, 15) is 4.79 Å². The van der Waals surface area contributed by atoms with Crippen molar-refractivity contribution < 1.29 is 9.90 Å². The number of carboxylic acids is 1. The molecule has 104 valence electrons. The van der Waals surface area contributed by atoms with Crippen molar-refractivity contribution in [2.45, 2.75) is 32.2 Å². The molecule has 1 aromatic rings. The molecule has 2 heterocycles. The summed E-state index contributed by atoms with van der Waals surface area (Å²) in [5.74, 6) is -0.124. The predicted octanol–water partition coefficient (Wildman–Crippen LogP) is 1.53. The maximum Gasteiger partial charge on any atom is 0.335 e. The van der Waals surface area contributed by atoms with Gasteiger partial charge in [0.2, 0.25) is 0 Å². The zero-order valence-corrected chi connectivity index (χ0v) is 11.5. The number of anilines is 1. The molecular formula is C14H21N3O2. The molecule has 1 aliphatic rings. The maximum absolute atomic E-state index is 11.2. The second-order valence-corrected chi connectivity index (χ2v) is 4.96. The van der Waals surface area contributed by atoms with Crippen LogP contribution in [0, 0.1) is 0 Å². The van der Waals surface area contributed by atoms with Gasteiger partial charge in [0, 0.05) is 18.8 Å². The summed E-state index contributed by atoms with van der Waals surface area (Å²) in [6.45, 7) is 4.00. The molecule has 0 radical (unpaired) electrons. The number of nitrogens with zero attached hydrogens (tertiary/aromatic N) is 2. The quantitative estimate of drug-likeness (QED) is 0.862. The molecule has 0 saturated carbocycles. The van der Waals surface area contributed by atoms with Crippen LogP contribution in [0.3, 0.4) is 0 Å².